The van der Waals surface area contributed by atoms with Crippen LogP contribution in [-0.4, -0.2) is 77.7 Å². The molecule has 166 valence electrons. The van der Waals surface area contributed by atoms with Gasteiger partial charge in [0.2, 0.25) is 11.8 Å². The van der Waals surface area contributed by atoms with Crippen LogP contribution in [0.15, 0.2) is 54.6 Å². The van der Waals surface area contributed by atoms with Gasteiger partial charge in [-0.15, -0.1) is 0 Å². The van der Waals surface area contributed by atoms with Gasteiger partial charge in [0.25, 0.3) is 11.8 Å². The second kappa shape index (κ2) is 9.64. The highest BCUT2D eigenvalue weighted by atomic mass is 16.5. The summed E-state index contributed by atoms with van der Waals surface area (Å²) in [4.78, 5) is 54.4. The third-order valence-corrected chi connectivity index (χ3v) is 5.70. The van der Waals surface area contributed by atoms with Crippen molar-refractivity contribution in [1.82, 2.24) is 14.7 Å². The fourth-order valence-corrected chi connectivity index (χ4v) is 3.91. The molecule has 0 spiro atoms. The molecule has 32 heavy (non-hydrogen) atoms. The molecule has 1 saturated heterocycles. The van der Waals surface area contributed by atoms with Gasteiger partial charge in [0.05, 0.1) is 17.7 Å². The first kappa shape index (κ1) is 21.5. The van der Waals surface area contributed by atoms with E-state index in [0.29, 0.717) is 56.8 Å². The molecule has 0 unspecified atom stereocenters. The number of carbonyl (C=O) groups excluding carboxylic acids is 4. The van der Waals surface area contributed by atoms with Gasteiger partial charge in [-0.2, -0.15) is 0 Å². The molecule has 2 aliphatic heterocycles. The quantitative estimate of drug-likeness (QED) is 0.489. The molecule has 0 N–H and O–H groups in total. The Morgan fingerprint density at radius 2 is 1.28 bits per heavy atom. The van der Waals surface area contributed by atoms with E-state index in [1.54, 1.807) is 34.1 Å². The number of benzene rings is 2. The lowest BCUT2D eigenvalue weighted by Crippen LogP contribution is -2.53. The molecule has 0 atom stereocenters. The predicted molar refractivity (Wildman–Crippen MR) is 116 cm³/mol. The van der Waals surface area contributed by atoms with Gasteiger partial charge in [-0.25, -0.2) is 0 Å². The highest BCUT2D eigenvalue weighted by molar-refractivity contribution is 6.22. The zero-order valence-electron chi connectivity index (χ0n) is 17.7. The average Bonchev–Trinajstić information content (AvgIpc) is 3.07. The molecule has 2 heterocycles. The Balaban J connectivity index is 1.20. The number of imide groups is 1. The zero-order valence-corrected chi connectivity index (χ0v) is 17.7. The fourth-order valence-electron chi connectivity index (χ4n) is 3.91. The van der Waals surface area contributed by atoms with Gasteiger partial charge < -0.3 is 14.5 Å². The standard InChI is InChI=1S/C24H25N3O5/c28-21(11-6-16-32-18-7-2-1-3-8-18)25-12-14-26(15-13-25)22(29)17-27-23(30)19-9-4-5-10-20(19)24(27)31/h1-5,7-10H,6,11-17H2. The Morgan fingerprint density at radius 3 is 1.88 bits per heavy atom. The summed E-state index contributed by atoms with van der Waals surface area (Å²) < 4.78 is 5.61. The van der Waals surface area contributed by atoms with Crippen LogP contribution in [0.4, 0.5) is 0 Å². The van der Waals surface area contributed by atoms with Crippen LogP contribution in [0.5, 0.6) is 5.75 Å². The summed E-state index contributed by atoms with van der Waals surface area (Å²) in [5.74, 6) is -0.349. The van der Waals surface area contributed by atoms with Crippen molar-refractivity contribution in [2.45, 2.75) is 12.8 Å². The van der Waals surface area contributed by atoms with E-state index in [9.17, 15) is 19.2 Å². The van der Waals surface area contributed by atoms with Crippen LogP contribution in [0.25, 0.3) is 0 Å². The number of nitrogens with zero attached hydrogens (tertiary/aromatic N) is 3. The average molecular weight is 435 g/mol. The highest BCUT2D eigenvalue weighted by Gasteiger charge is 2.37. The molecule has 2 aromatic rings. The van der Waals surface area contributed by atoms with Crippen molar-refractivity contribution in [3.05, 3.63) is 65.7 Å². The van der Waals surface area contributed by atoms with Crippen LogP contribution in [0.1, 0.15) is 33.6 Å². The lowest BCUT2D eigenvalue weighted by Gasteiger charge is -2.35. The summed E-state index contributed by atoms with van der Waals surface area (Å²) >= 11 is 0. The van der Waals surface area contributed by atoms with Crippen molar-refractivity contribution in [1.29, 1.82) is 0 Å². The number of rotatable bonds is 7. The number of carbonyl (C=O) groups is 4. The summed E-state index contributed by atoms with van der Waals surface area (Å²) in [6, 6.07) is 16.0. The van der Waals surface area contributed by atoms with Crippen LogP contribution in [0.3, 0.4) is 0 Å². The van der Waals surface area contributed by atoms with E-state index in [4.69, 9.17) is 4.74 Å². The lowest BCUT2D eigenvalue weighted by molar-refractivity contribution is -0.139. The summed E-state index contributed by atoms with van der Waals surface area (Å²) in [5, 5.41) is 0. The van der Waals surface area contributed by atoms with Crippen LogP contribution in [-0.2, 0) is 9.59 Å². The summed E-state index contributed by atoms with van der Waals surface area (Å²) in [6.07, 6.45) is 1.00. The van der Waals surface area contributed by atoms with Gasteiger partial charge in [-0.3, -0.25) is 24.1 Å². The van der Waals surface area contributed by atoms with Gasteiger partial charge >= 0.3 is 0 Å². The molecular weight excluding hydrogens is 410 g/mol. The first-order valence-electron chi connectivity index (χ1n) is 10.7. The lowest BCUT2D eigenvalue weighted by atomic mass is 10.1. The first-order valence-corrected chi connectivity index (χ1v) is 10.7. The number of piperazine rings is 1. The minimum absolute atomic E-state index is 0.0362. The maximum absolute atomic E-state index is 12.7. The maximum atomic E-state index is 12.7. The molecule has 8 heteroatoms. The van der Waals surface area contributed by atoms with Crippen molar-refractivity contribution in [3.63, 3.8) is 0 Å². The van der Waals surface area contributed by atoms with E-state index in [2.05, 4.69) is 0 Å². The smallest absolute Gasteiger partial charge is 0.262 e. The second-order valence-electron chi connectivity index (χ2n) is 7.77. The SMILES string of the molecule is O=C(CCCOc1ccccc1)N1CCN(C(=O)CN2C(=O)c3ccccc3C2=O)CC1. The number of para-hydroxylation sites is 1. The summed E-state index contributed by atoms with van der Waals surface area (Å²) in [6.45, 7) is 1.83. The number of hydrogen-bond acceptors (Lipinski definition) is 5. The third kappa shape index (κ3) is 4.64. The molecule has 2 aromatic carbocycles. The Labute approximate surface area is 186 Å². The van der Waals surface area contributed by atoms with Crippen molar-refractivity contribution in [3.8, 4) is 5.75 Å². The van der Waals surface area contributed by atoms with Crippen molar-refractivity contribution < 1.29 is 23.9 Å². The number of fused-ring (bicyclic) bond motifs is 1. The van der Waals surface area contributed by atoms with Crippen LogP contribution < -0.4 is 4.74 Å². The van der Waals surface area contributed by atoms with Gasteiger partial charge in [-0.1, -0.05) is 30.3 Å². The van der Waals surface area contributed by atoms with Gasteiger partial charge in [0, 0.05) is 32.6 Å². The van der Waals surface area contributed by atoms with E-state index in [1.165, 1.54) is 0 Å². The Hall–Kier alpha value is -3.68. The molecule has 0 saturated carbocycles. The summed E-state index contributed by atoms with van der Waals surface area (Å²) in [7, 11) is 0. The minimum Gasteiger partial charge on any atom is -0.494 e. The van der Waals surface area contributed by atoms with E-state index in [1.807, 2.05) is 30.3 Å². The Morgan fingerprint density at radius 1 is 0.750 bits per heavy atom. The molecule has 0 bridgehead atoms. The van der Waals surface area contributed by atoms with E-state index in [-0.39, 0.29) is 18.4 Å². The topological polar surface area (TPSA) is 87.2 Å². The minimum atomic E-state index is -0.439. The van der Waals surface area contributed by atoms with Crippen molar-refractivity contribution >= 4 is 23.6 Å². The van der Waals surface area contributed by atoms with E-state index >= 15 is 0 Å². The molecule has 4 amide bonds. The van der Waals surface area contributed by atoms with Crippen molar-refractivity contribution in [2.75, 3.05) is 39.3 Å². The predicted octanol–water partition coefficient (Wildman–Crippen LogP) is 1.81. The van der Waals surface area contributed by atoms with Gasteiger partial charge in [-0.05, 0) is 30.7 Å². The zero-order chi connectivity index (χ0) is 22.5. The molecule has 0 radical (unpaired) electrons. The largest absolute Gasteiger partial charge is 0.494 e. The maximum Gasteiger partial charge on any atom is 0.262 e. The number of hydrogen-bond donors (Lipinski definition) is 0. The molecule has 8 nitrogen and oxygen atoms in total. The molecule has 0 aromatic heterocycles. The van der Waals surface area contributed by atoms with Gasteiger partial charge in [0.1, 0.15) is 12.3 Å². The third-order valence-electron chi connectivity index (χ3n) is 5.70. The molecule has 4 rings (SSSR count). The Kier molecular flexibility index (Phi) is 6.49. The monoisotopic (exact) mass is 435 g/mol. The van der Waals surface area contributed by atoms with Crippen molar-refractivity contribution in [2.24, 2.45) is 0 Å². The fraction of sp³-hybridized carbons (Fsp3) is 0.333. The van der Waals surface area contributed by atoms with E-state index in [0.717, 1.165) is 10.6 Å². The molecule has 2 aliphatic rings. The number of ether oxygens (including phenoxy) is 1. The second-order valence-corrected chi connectivity index (χ2v) is 7.77. The summed E-state index contributed by atoms with van der Waals surface area (Å²) in [5.41, 5.74) is 0.661. The number of amides is 4. The Bertz CT molecular complexity index is 980. The molecular formula is C24H25N3O5. The first-order chi connectivity index (χ1) is 15.5. The van der Waals surface area contributed by atoms with Crippen LogP contribution in [0.2, 0.25) is 0 Å². The van der Waals surface area contributed by atoms with Crippen LogP contribution >= 0.6 is 0 Å². The highest BCUT2D eigenvalue weighted by Crippen LogP contribution is 2.22. The molecule has 1 fully saturated rings. The molecule has 0 aliphatic carbocycles. The van der Waals surface area contributed by atoms with Gasteiger partial charge in [0.15, 0.2) is 0 Å². The van der Waals surface area contributed by atoms with Crippen LogP contribution in [0, 0.1) is 0 Å². The normalized spacial score (nSPS) is 15.7. The van der Waals surface area contributed by atoms with E-state index < -0.39 is 11.8 Å².